The molecule has 2 saturated carbocycles. The number of fused-ring (bicyclic) bond motifs is 4. The number of aliphatic hydroxyl groups is 1. The van der Waals surface area contributed by atoms with Crippen LogP contribution in [-0.2, 0) is 4.74 Å². The monoisotopic (exact) mass is 358 g/mol. The van der Waals surface area contributed by atoms with Gasteiger partial charge in [-0.1, -0.05) is 19.4 Å². The first-order valence-electron chi connectivity index (χ1n) is 10.1. The van der Waals surface area contributed by atoms with Crippen LogP contribution in [0.4, 0.5) is 4.79 Å². The standard InChI is InChI=1S/C21H30N2O3/c1-13-7-17-20(2)18(22(3)19(25)26-20)5-4-6-21(13,17)9-15-8-14(12-24)10-23-11-16(15)23/h8,10,13,16-18,24H,4-7,9,11-12H2,1-3H3/t13-,16+,17-,18?,20-,21?,23?/m1/s1. The van der Waals surface area contributed by atoms with Gasteiger partial charge in [0.1, 0.15) is 5.60 Å². The van der Waals surface area contributed by atoms with Crippen molar-refractivity contribution < 1.29 is 14.6 Å². The summed E-state index contributed by atoms with van der Waals surface area (Å²) in [5, 5.41) is 9.60. The van der Waals surface area contributed by atoms with E-state index in [1.54, 1.807) is 0 Å². The van der Waals surface area contributed by atoms with Gasteiger partial charge in [-0.25, -0.2) is 4.79 Å². The molecule has 2 aliphatic carbocycles. The summed E-state index contributed by atoms with van der Waals surface area (Å²) in [5.74, 6) is 1.09. The van der Waals surface area contributed by atoms with E-state index in [2.05, 4.69) is 31.0 Å². The van der Waals surface area contributed by atoms with Gasteiger partial charge in [0, 0.05) is 25.7 Å². The molecule has 26 heavy (non-hydrogen) atoms. The molecule has 0 radical (unpaired) electrons. The van der Waals surface area contributed by atoms with Crippen LogP contribution < -0.4 is 0 Å². The molecule has 0 aromatic heterocycles. The second-order valence-corrected chi connectivity index (χ2v) is 9.46. The van der Waals surface area contributed by atoms with Crippen molar-refractivity contribution in [1.29, 1.82) is 0 Å². The van der Waals surface area contributed by atoms with E-state index in [9.17, 15) is 9.90 Å². The highest BCUT2D eigenvalue weighted by Gasteiger charge is 2.67. The first kappa shape index (κ1) is 16.7. The fraction of sp³-hybridized carbons (Fsp3) is 0.762. The summed E-state index contributed by atoms with van der Waals surface area (Å²) in [5.41, 5.74) is 2.38. The fourth-order valence-corrected chi connectivity index (χ4v) is 6.71. The first-order valence-corrected chi connectivity index (χ1v) is 10.1. The second kappa shape index (κ2) is 5.28. The summed E-state index contributed by atoms with van der Waals surface area (Å²) < 4.78 is 6.03. The molecule has 0 aromatic rings. The lowest BCUT2D eigenvalue weighted by molar-refractivity contribution is -0.150. The fourth-order valence-electron chi connectivity index (χ4n) is 6.71. The van der Waals surface area contributed by atoms with Crippen LogP contribution in [-0.4, -0.2) is 58.9 Å². The molecular formula is C21H30N2O3. The van der Waals surface area contributed by atoms with Crippen LogP contribution in [0.5, 0.6) is 0 Å². The van der Waals surface area contributed by atoms with Crippen molar-refractivity contribution in [3.8, 4) is 0 Å². The van der Waals surface area contributed by atoms with Crippen molar-refractivity contribution in [3.05, 3.63) is 23.4 Å². The average molecular weight is 358 g/mol. The lowest BCUT2D eigenvalue weighted by atomic mass is 9.46. The Morgan fingerprint density at radius 1 is 1.42 bits per heavy atom. The molecule has 5 nitrogen and oxygen atoms in total. The van der Waals surface area contributed by atoms with Crippen LogP contribution in [0.15, 0.2) is 23.4 Å². The number of aliphatic hydroxyl groups excluding tert-OH is 1. The third kappa shape index (κ3) is 2.04. The third-order valence-electron chi connectivity index (χ3n) is 8.30. The topological polar surface area (TPSA) is 52.8 Å². The minimum absolute atomic E-state index is 0.112. The highest BCUT2D eigenvalue weighted by atomic mass is 16.6. The molecule has 6 atom stereocenters. The zero-order valence-corrected chi connectivity index (χ0v) is 16.1. The Morgan fingerprint density at radius 2 is 2.23 bits per heavy atom. The predicted octanol–water partition coefficient (Wildman–Crippen LogP) is 2.91. The lowest BCUT2D eigenvalue weighted by Crippen LogP contribution is -2.60. The van der Waals surface area contributed by atoms with E-state index in [-0.39, 0.29) is 29.8 Å². The molecule has 5 rings (SSSR count). The number of nitrogens with zero attached hydrogens (tertiary/aromatic N) is 2. The molecule has 3 aliphatic heterocycles. The van der Waals surface area contributed by atoms with Crippen LogP contribution in [0.25, 0.3) is 0 Å². The highest BCUT2D eigenvalue weighted by Crippen LogP contribution is 2.66. The van der Waals surface area contributed by atoms with Crippen LogP contribution >= 0.6 is 0 Å². The molecule has 2 unspecified atom stereocenters. The van der Waals surface area contributed by atoms with Gasteiger partial charge in [0.15, 0.2) is 0 Å². The maximum Gasteiger partial charge on any atom is 0.410 e. The Hall–Kier alpha value is -1.49. The molecule has 1 amide bonds. The Bertz CT molecular complexity index is 716. The van der Waals surface area contributed by atoms with Gasteiger partial charge in [-0.2, -0.15) is 0 Å². The number of carbonyl (C=O) groups is 1. The van der Waals surface area contributed by atoms with Crippen molar-refractivity contribution in [2.45, 2.75) is 63.6 Å². The van der Waals surface area contributed by atoms with E-state index in [4.69, 9.17) is 4.74 Å². The van der Waals surface area contributed by atoms with Crippen LogP contribution in [0.3, 0.4) is 0 Å². The molecule has 142 valence electrons. The van der Waals surface area contributed by atoms with Gasteiger partial charge in [-0.15, -0.1) is 0 Å². The number of carbonyl (C=O) groups excluding carboxylic acids is 1. The largest absolute Gasteiger partial charge is 0.441 e. The Morgan fingerprint density at radius 3 is 2.96 bits per heavy atom. The van der Waals surface area contributed by atoms with Crippen molar-refractivity contribution in [2.24, 2.45) is 17.3 Å². The molecule has 0 spiro atoms. The molecule has 2 saturated heterocycles. The maximum atomic E-state index is 12.3. The number of amides is 1. The van der Waals surface area contributed by atoms with Crippen LogP contribution in [0.1, 0.15) is 46.0 Å². The summed E-state index contributed by atoms with van der Waals surface area (Å²) in [6.07, 6.45) is 9.85. The molecule has 0 aromatic carbocycles. The van der Waals surface area contributed by atoms with E-state index in [0.717, 1.165) is 37.8 Å². The van der Waals surface area contributed by atoms with Crippen LogP contribution in [0, 0.1) is 17.3 Å². The molecule has 4 fully saturated rings. The zero-order chi connectivity index (χ0) is 18.3. The van der Waals surface area contributed by atoms with Gasteiger partial charge in [0.2, 0.25) is 0 Å². The molecule has 5 aliphatic rings. The summed E-state index contributed by atoms with van der Waals surface area (Å²) in [6.45, 7) is 5.77. The van der Waals surface area contributed by atoms with Crippen molar-refractivity contribution in [3.63, 3.8) is 0 Å². The average Bonchev–Trinajstić information content (AvgIpc) is 3.37. The first-order chi connectivity index (χ1) is 12.4. The number of ether oxygens (including phenoxy) is 1. The van der Waals surface area contributed by atoms with Gasteiger partial charge in [-0.3, -0.25) is 0 Å². The van der Waals surface area contributed by atoms with E-state index in [0.29, 0.717) is 17.9 Å². The molecule has 1 N–H and O–H groups in total. The predicted molar refractivity (Wildman–Crippen MR) is 98.4 cm³/mol. The lowest BCUT2D eigenvalue weighted by Gasteiger charge is -2.60. The minimum Gasteiger partial charge on any atom is -0.441 e. The summed E-state index contributed by atoms with van der Waals surface area (Å²) in [6, 6.07) is 0.744. The number of hydrogen-bond acceptors (Lipinski definition) is 4. The number of rotatable bonds is 3. The second-order valence-electron chi connectivity index (χ2n) is 9.46. The van der Waals surface area contributed by atoms with Crippen molar-refractivity contribution in [1.82, 2.24) is 9.80 Å². The molecule has 3 heterocycles. The molecule has 5 heteroatoms. The number of hydrogen-bond donors (Lipinski definition) is 1. The highest BCUT2D eigenvalue weighted by molar-refractivity contribution is 5.71. The van der Waals surface area contributed by atoms with Gasteiger partial charge < -0.3 is 19.6 Å². The zero-order valence-electron chi connectivity index (χ0n) is 16.1. The molecule has 0 bridgehead atoms. The Labute approximate surface area is 155 Å². The number of likely N-dealkylation sites (N-methyl/N-ethyl adjacent to an activating group) is 1. The summed E-state index contributed by atoms with van der Waals surface area (Å²) >= 11 is 0. The smallest absolute Gasteiger partial charge is 0.410 e. The van der Waals surface area contributed by atoms with E-state index in [1.165, 1.54) is 12.0 Å². The third-order valence-corrected chi connectivity index (χ3v) is 8.30. The Kier molecular flexibility index (Phi) is 3.38. The van der Waals surface area contributed by atoms with Crippen LogP contribution in [0.2, 0.25) is 0 Å². The SMILES string of the molecule is C[C@@H]1C[C@H]2C1(CC1=CC(CO)=CN3C[C@@H]13)CCCC1N(C)C(=O)O[C@@]12C. The van der Waals surface area contributed by atoms with E-state index >= 15 is 0 Å². The van der Waals surface area contributed by atoms with E-state index < -0.39 is 0 Å². The molecular weight excluding hydrogens is 328 g/mol. The van der Waals surface area contributed by atoms with E-state index in [1.807, 2.05) is 11.9 Å². The van der Waals surface area contributed by atoms with Gasteiger partial charge in [0.25, 0.3) is 0 Å². The normalized spacial score (nSPS) is 46.2. The Balaban J connectivity index is 1.48. The maximum absolute atomic E-state index is 12.3. The van der Waals surface area contributed by atoms with Crippen molar-refractivity contribution >= 4 is 6.09 Å². The van der Waals surface area contributed by atoms with Gasteiger partial charge in [0.05, 0.1) is 18.7 Å². The summed E-state index contributed by atoms with van der Waals surface area (Å²) in [7, 11) is 1.90. The quantitative estimate of drug-likeness (QED) is 0.788. The van der Waals surface area contributed by atoms with Crippen molar-refractivity contribution in [2.75, 3.05) is 20.2 Å². The van der Waals surface area contributed by atoms with Gasteiger partial charge >= 0.3 is 6.09 Å². The van der Waals surface area contributed by atoms with Gasteiger partial charge in [-0.05, 0) is 55.1 Å². The summed E-state index contributed by atoms with van der Waals surface area (Å²) in [4.78, 5) is 16.5. The minimum atomic E-state index is -0.358.